The smallest absolute Gasteiger partial charge is 0.293 e. The Labute approximate surface area is 204 Å². The van der Waals surface area contributed by atoms with E-state index < -0.39 is 0 Å². The Kier molecular flexibility index (Phi) is 6.55. The van der Waals surface area contributed by atoms with E-state index in [-0.39, 0.29) is 11.7 Å². The number of hydrogen-bond acceptors (Lipinski definition) is 8. The number of carbonyl (C=O) groups excluding carboxylic acids is 1. The van der Waals surface area contributed by atoms with Crippen molar-refractivity contribution >= 4 is 45.1 Å². The molecule has 0 spiro atoms. The van der Waals surface area contributed by atoms with E-state index in [1.807, 2.05) is 60.8 Å². The number of aromatic nitrogens is 3. The van der Waals surface area contributed by atoms with E-state index in [2.05, 4.69) is 20.3 Å². The van der Waals surface area contributed by atoms with Gasteiger partial charge >= 0.3 is 0 Å². The van der Waals surface area contributed by atoms with Crippen molar-refractivity contribution in [2.75, 3.05) is 11.9 Å². The first kappa shape index (κ1) is 22.1. The van der Waals surface area contributed by atoms with Gasteiger partial charge in [0, 0.05) is 40.0 Å². The van der Waals surface area contributed by atoms with Gasteiger partial charge in [-0.05, 0) is 31.2 Å². The van der Waals surface area contributed by atoms with Gasteiger partial charge in [-0.1, -0.05) is 42.1 Å². The molecule has 0 aliphatic rings. The standard InChI is InChI=1S/C25H20N4O3S2/c1-2-31-20-10-5-4-9-17(20)19-15-34-25(28-19)29-23(30)22-18(14-33-24-26-12-7-13-27-24)16-8-3-6-11-21(16)32-22/h3-13,15H,2,14H2,1H3,(H,28,29,30). The van der Waals surface area contributed by atoms with Crippen LogP contribution in [0.4, 0.5) is 5.13 Å². The average molecular weight is 489 g/mol. The molecule has 5 rings (SSSR count). The zero-order valence-corrected chi connectivity index (χ0v) is 19.9. The van der Waals surface area contributed by atoms with Gasteiger partial charge in [-0.3, -0.25) is 10.1 Å². The molecular formula is C25H20N4O3S2. The first-order chi connectivity index (χ1) is 16.7. The lowest BCUT2D eigenvalue weighted by Crippen LogP contribution is -2.12. The van der Waals surface area contributed by atoms with Crippen molar-refractivity contribution in [3.05, 3.63) is 83.7 Å². The number of anilines is 1. The van der Waals surface area contributed by atoms with Crippen molar-refractivity contribution < 1.29 is 13.9 Å². The summed E-state index contributed by atoms with van der Waals surface area (Å²) < 4.78 is 11.7. The highest BCUT2D eigenvalue weighted by Crippen LogP contribution is 2.34. The molecule has 170 valence electrons. The number of thiazole rings is 1. The van der Waals surface area contributed by atoms with Gasteiger partial charge in [0.1, 0.15) is 11.3 Å². The molecule has 0 aliphatic carbocycles. The number of benzene rings is 2. The molecule has 0 saturated heterocycles. The van der Waals surface area contributed by atoms with Gasteiger partial charge < -0.3 is 9.15 Å². The maximum Gasteiger partial charge on any atom is 0.293 e. The van der Waals surface area contributed by atoms with Crippen molar-refractivity contribution in [3.8, 4) is 17.0 Å². The molecule has 9 heteroatoms. The Balaban J connectivity index is 1.40. The predicted octanol–water partition coefficient (Wildman–Crippen LogP) is 6.29. The molecule has 5 aromatic rings. The van der Waals surface area contributed by atoms with Crippen LogP contribution in [0.3, 0.4) is 0 Å². The zero-order chi connectivity index (χ0) is 23.3. The van der Waals surface area contributed by atoms with Crippen LogP contribution in [0.1, 0.15) is 23.0 Å². The Hall–Kier alpha value is -3.69. The second kappa shape index (κ2) is 10.1. The van der Waals surface area contributed by atoms with Crippen LogP contribution >= 0.6 is 23.1 Å². The van der Waals surface area contributed by atoms with E-state index in [1.165, 1.54) is 23.1 Å². The topological polar surface area (TPSA) is 90.1 Å². The molecule has 1 amide bonds. The number of rotatable bonds is 8. The van der Waals surface area contributed by atoms with E-state index >= 15 is 0 Å². The van der Waals surface area contributed by atoms with Crippen molar-refractivity contribution in [2.45, 2.75) is 17.8 Å². The Morgan fingerprint density at radius 3 is 2.74 bits per heavy atom. The molecule has 7 nitrogen and oxygen atoms in total. The highest BCUT2D eigenvalue weighted by Gasteiger charge is 2.22. The largest absolute Gasteiger partial charge is 0.493 e. The first-order valence-electron chi connectivity index (χ1n) is 10.6. The molecule has 0 atom stereocenters. The highest BCUT2D eigenvalue weighted by atomic mass is 32.2. The average Bonchev–Trinajstić information content (AvgIpc) is 3.48. The summed E-state index contributed by atoms with van der Waals surface area (Å²) in [4.78, 5) is 26.3. The molecule has 0 aliphatic heterocycles. The number of nitrogens with one attached hydrogen (secondary N) is 1. The molecule has 34 heavy (non-hydrogen) atoms. The van der Waals surface area contributed by atoms with Crippen LogP contribution in [-0.2, 0) is 5.75 Å². The normalized spacial score (nSPS) is 11.0. The summed E-state index contributed by atoms with van der Waals surface area (Å²) in [5.41, 5.74) is 3.07. The van der Waals surface area contributed by atoms with Gasteiger partial charge in [0.15, 0.2) is 16.0 Å². The van der Waals surface area contributed by atoms with Gasteiger partial charge in [0.2, 0.25) is 0 Å². The van der Waals surface area contributed by atoms with Crippen LogP contribution in [0.25, 0.3) is 22.2 Å². The number of nitrogens with zero attached hydrogens (tertiary/aromatic N) is 3. The zero-order valence-electron chi connectivity index (χ0n) is 18.2. The minimum absolute atomic E-state index is 0.260. The number of hydrogen-bond donors (Lipinski definition) is 1. The van der Waals surface area contributed by atoms with Gasteiger partial charge in [-0.2, -0.15) is 0 Å². The third-order valence-electron chi connectivity index (χ3n) is 4.98. The first-order valence-corrected chi connectivity index (χ1v) is 12.5. The number of fused-ring (bicyclic) bond motifs is 1. The van der Waals surface area contributed by atoms with E-state index in [4.69, 9.17) is 9.15 Å². The summed E-state index contributed by atoms with van der Waals surface area (Å²) in [7, 11) is 0. The summed E-state index contributed by atoms with van der Waals surface area (Å²) in [5.74, 6) is 1.16. The Morgan fingerprint density at radius 2 is 1.88 bits per heavy atom. The predicted molar refractivity (Wildman–Crippen MR) is 134 cm³/mol. The molecule has 3 heterocycles. The van der Waals surface area contributed by atoms with Crippen molar-refractivity contribution in [1.29, 1.82) is 0 Å². The third kappa shape index (κ3) is 4.66. The molecule has 0 fully saturated rings. The molecule has 0 radical (unpaired) electrons. The number of carbonyl (C=O) groups is 1. The Morgan fingerprint density at radius 1 is 1.09 bits per heavy atom. The summed E-state index contributed by atoms with van der Waals surface area (Å²) >= 11 is 2.80. The second-order valence-electron chi connectivity index (χ2n) is 7.15. The van der Waals surface area contributed by atoms with Crippen LogP contribution in [0, 0.1) is 0 Å². The minimum atomic E-state index is -0.347. The highest BCUT2D eigenvalue weighted by molar-refractivity contribution is 7.98. The van der Waals surface area contributed by atoms with Crippen LogP contribution in [0.2, 0.25) is 0 Å². The van der Waals surface area contributed by atoms with Crippen LogP contribution in [-0.4, -0.2) is 27.5 Å². The minimum Gasteiger partial charge on any atom is -0.493 e. The molecule has 3 aromatic heterocycles. The summed E-state index contributed by atoms with van der Waals surface area (Å²) in [6.07, 6.45) is 3.39. The lowest BCUT2D eigenvalue weighted by molar-refractivity contribution is 0.0998. The van der Waals surface area contributed by atoms with Crippen LogP contribution in [0.15, 0.2) is 81.9 Å². The van der Waals surface area contributed by atoms with E-state index in [9.17, 15) is 4.79 Å². The third-order valence-corrected chi connectivity index (χ3v) is 6.64. The monoisotopic (exact) mass is 488 g/mol. The summed E-state index contributed by atoms with van der Waals surface area (Å²) in [5, 5.41) is 6.80. The quantitative estimate of drug-likeness (QED) is 0.203. The summed E-state index contributed by atoms with van der Waals surface area (Å²) in [6.45, 7) is 2.50. The van der Waals surface area contributed by atoms with Crippen LogP contribution < -0.4 is 10.1 Å². The van der Waals surface area contributed by atoms with E-state index in [0.29, 0.717) is 28.2 Å². The maximum atomic E-state index is 13.2. The summed E-state index contributed by atoms with van der Waals surface area (Å²) in [6, 6.07) is 17.1. The number of amides is 1. The van der Waals surface area contributed by atoms with Crippen molar-refractivity contribution in [1.82, 2.24) is 15.0 Å². The van der Waals surface area contributed by atoms with Gasteiger partial charge in [-0.15, -0.1) is 11.3 Å². The Bertz CT molecular complexity index is 1430. The fourth-order valence-electron chi connectivity index (χ4n) is 3.49. The molecule has 0 unspecified atom stereocenters. The maximum absolute atomic E-state index is 13.2. The molecule has 2 aromatic carbocycles. The van der Waals surface area contributed by atoms with Gasteiger partial charge in [0.05, 0.1) is 12.3 Å². The van der Waals surface area contributed by atoms with E-state index in [1.54, 1.807) is 18.5 Å². The van der Waals surface area contributed by atoms with E-state index in [0.717, 1.165) is 28.0 Å². The fourth-order valence-corrected chi connectivity index (χ4v) is 5.03. The number of furan rings is 1. The molecular weight excluding hydrogens is 468 g/mol. The number of ether oxygens (including phenoxy) is 1. The molecule has 0 saturated carbocycles. The second-order valence-corrected chi connectivity index (χ2v) is 8.95. The van der Waals surface area contributed by atoms with Crippen molar-refractivity contribution in [3.63, 3.8) is 0 Å². The fraction of sp³-hybridized carbons (Fsp3) is 0.120. The molecule has 0 bridgehead atoms. The SMILES string of the molecule is CCOc1ccccc1-c1csc(NC(=O)c2oc3ccccc3c2CSc2ncccn2)n1. The van der Waals surface area contributed by atoms with Gasteiger partial charge in [-0.25, -0.2) is 15.0 Å². The lowest BCUT2D eigenvalue weighted by Gasteiger charge is -2.07. The van der Waals surface area contributed by atoms with Crippen molar-refractivity contribution in [2.24, 2.45) is 0 Å². The number of para-hydroxylation sites is 2. The van der Waals surface area contributed by atoms with Crippen LogP contribution in [0.5, 0.6) is 5.75 Å². The number of thioether (sulfide) groups is 1. The molecule has 1 N–H and O–H groups in total. The lowest BCUT2D eigenvalue weighted by atomic mass is 10.1. The van der Waals surface area contributed by atoms with Gasteiger partial charge in [0.25, 0.3) is 5.91 Å².